The minimum absolute atomic E-state index is 0.0177. The van der Waals surface area contributed by atoms with E-state index in [9.17, 15) is 9.59 Å². The second-order valence-electron chi connectivity index (χ2n) is 6.55. The Morgan fingerprint density at radius 3 is 2.54 bits per heavy atom. The maximum absolute atomic E-state index is 12.7. The Labute approximate surface area is 140 Å². The van der Waals surface area contributed by atoms with Crippen LogP contribution in [0.5, 0.6) is 0 Å². The molecule has 2 amide bonds. The van der Waals surface area contributed by atoms with E-state index >= 15 is 0 Å². The van der Waals surface area contributed by atoms with Crippen LogP contribution < -0.4 is 5.32 Å². The zero-order valence-electron chi connectivity index (χ0n) is 13.3. The van der Waals surface area contributed by atoms with Crippen LogP contribution >= 0.6 is 0 Å². The molecule has 2 fully saturated rings. The van der Waals surface area contributed by atoms with Gasteiger partial charge in [-0.15, -0.1) is 0 Å². The van der Waals surface area contributed by atoms with E-state index in [1.807, 2.05) is 35.2 Å². The summed E-state index contributed by atoms with van der Waals surface area (Å²) >= 11 is 0. The van der Waals surface area contributed by atoms with Crippen LogP contribution in [-0.4, -0.2) is 40.3 Å². The maximum Gasteiger partial charge on any atom is 0.254 e. The van der Waals surface area contributed by atoms with Gasteiger partial charge in [-0.05, 0) is 43.0 Å². The van der Waals surface area contributed by atoms with Gasteiger partial charge in [-0.1, -0.05) is 18.2 Å². The number of piperidine rings is 1. The van der Waals surface area contributed by atoms with E-state index < -0.39 is 0 Å². The van der Waals surface area contributed by atoms with Crippen molar-refractivity contribution >= 4 is 11.8 Å². The molecule has 1 N–H and O–H groups in total. The Kier molecular flexibility index (Phi) is 3.76. The van der Waals surface area contributed by atoms with E-state index in [1.165, 1.54) is 0 Å². The lowest BCUT2D eigenvalue weighted by atomic mass is 10.0. The first-order valence-electron chi connectivity index (χ1n) is 8.29. The molecular formula is C19H19N3O2. The second-order valence-corrected chi connectivity index (χ2v) is 6.55. The first kappa shape index (κ1) is 14.9. The first-order chi connectivity index (χ1) is 11.7. The number of rotatable bonds is 3. The third-order valence-corrected chi connectivity index (χ3v) is 5.00. The van der Waals surface area contributed by atoms with Crippen LogP contribution in [0.4, 0.5) is 0 Å². The minimum atomic E-state index is -0.118. The summed E-state index contributed by atoms with van der Waals surface area (Å²) in [7, 11) is 0. The monoisotopic (exact) mass is 321 g/mol. The molecule has 1 aromatic carbocycles. The first-order valence-corrected chi connectivity index (χ1v) is 8.29. The SMILES string of the molecule is O=C(NC1CC2CC1N(C(=O)c1ccccc1)C2)c1cccnc1. The average molecular weight is 321 g/mol. The highest BCUT2D eigenvalue weighted by atomic mass is 16.2. The predicted octanol–water partition coefficient (Wildman–Crippen LogP) is 2.11. The van der Waals surface area contributed by atoms with Crippen LogP contribution in [-0.2, 0) is 0 Å². The largest absolute Gasteiger partial charge is 0.347 e. The summed E-state index contributed by atoms with van der Waals surface area (Å²) in [5, 5.41) is 3.09. The third kappa shape index (κ3) is 2.66. The van der Waals surface area contributed by atoms with Gasteiger partial charge >= 0.3 is 0 Å². The lowest BCUT2D eigenvalue weighted by molar-refractivity contribution is 0.0648. The Morgan fingerprint density at radius 2 is 1.83 bits per heavy atom. The summed E-state index contributed by atoms with van der Waals surface area (Å²) in [5.74, 6) is 0.415. The van der Waals surface area contributed by atoms with Gasteiger partial charge in [-0.3, -0.25) is 14.6 Å². The molecule has 24 heavy (non-hydrogen) atoms. The predicted molar refractivity (Wildman–Crippen MR) is 89.5 cm³/mol. The van der Waals surface area contributed by atoms with E-state index in [4.69, 9.17) is 0 Å². The molecular weight excluding hydrogens is 302 g/mol. The lowest BCUT2D eigenvalue weighted by Gasteiger charge is -2.33. The highest BCUT2D eigenvalue weighted by Gasteiger charge is 2.47. The number of carbonyl (C=O) groups excluding carboxylic acids is 2. The van der Waals surface area contributed by atoms with Gasteiger partial charge in [0.2, 0.25) is 0 Å². The van der Waals surface area contributed by atoms with Crippen LogP contribution in [0.2, 0.25) is 0 Å². The average Bonchev–Trinajstić information content (AvgIpc) is 3.23. The summed E-state index contributed by atoms with van der Waals surface area (Å²) < 4.78 is 0. The van der Waals surface area contributed by atoms with Crippen LogP contribution in [0.15, 0.2) is 54.9 Å². The Morgan fingerprint density at radius 1 is 1.04 bits per heavy atom. The molecule has 122 valence electrons. The van der Waals surface area contributed by atoms with Crippen LogP contribution in [0.25, 0.3) is 0 Å². The summed E-state index contributed by atoms with van der Waals surface area (Å²) in [6.07, 6.45) is 5.12. The molecule has 3 unspecified atom stereocenters. The quantitative estimate of drug-likeness (QED) is 0.942. The second kappa shape index (κ2) is 6.07. The fourth-order valence-corrected chi connectivity index (χ4v) is 3.91. The zero-order chi connectivity index (χ0) is 16.5. The summed E-state index contributed by atoms with van der Waals surface area (Å²) in [6.45, 7) is 0.789. The molecule has 1 aliphatic carbocycles. The van der Waals surface area contributed by atoms with Crippen molar-refractivity contribution in [3.05, 3.63) is 66.0 Å². The Bertz CT molecular complexity index is 746. The number of nitrogens with one attached hydrogen (secondary N) is 1. The van der Waals surface area contributed by atoms with Crippen LogP contribution in [0.3, 0.4) is 0 Å². The molecule has 5 heteroatoms. The highest BCUT2D eigenvalue weighted by Crippen LogP contribution is 2.38. The molecule has 4 rings (SSSR count). The number of amides is 2. The van der Waals surface area contributed by atoms with E-state index in [0.29, 0.717) is 17.0 Å². The summed E-state index contributed by atoms with van der Waals surface area (Å²) in [4.78, 5) is 31.0. The van der Waals surface area contributed by atoms with Crippen molar-refractivity contribution in [2.75, 3.05) is 6.54 Å². The van der Waals surface area contributed by atoms with Crippen molar-refractivity contribution in [2.24, 2.45) is 5.92 Å². The number of hydrogen-bond donors (Lipinski definition) is 1. The van der Waals surface area contributed by atoms with Gasteiger partial charge < -0.3 is 10.2 Å². The number of fused-ring (bicyclic) bond motifs is 2. The molecule has 2 bridgehead atoms. The third-order valence-electron chi connectivity index (χ3n) is 5.00. The van der Waals surface area contributed by atoms with Gasteiger partial charge in [-0.25, -0.2) is 0 Å². The molecule has 2 aromatic rings. The molecule has 5 nitrogen and oxygen atoms in total. The van der Waals surface area contributed by atoms with Crippen molar-refractivity contribution in [3.63, 3.8) is 0 Å². The smallest absolute Gasteiger partial charge is 0.254 e. The van der Waals surface area contributed by atoms with Crippen molar-refractivity contribution in [1.82, 2.24) is 15.2 Å². The van der Waals surface area contributed by atoms with E-state index in [2.05, 4.69) is 10.3 Å². The van der Waals surface area contributed by atoms with Crippen LogP contribution in [0.1, 0.15) is 33.6 Å². The van der Waals surface area contributed by atoms with Gasteiger partial charge in [0, 0.05) is 30.5 Å². The molecule has 1 saturated carbocycles. The molecule has 3 atom stereocenters. The minimum Gasteiger partial charge on any atom is -0.347 e. The van der Waals surface area contributed by atoms with E-state index in [0.717, 1.165) is 19.4 Å². The molecule has 1 aliphatic heterocycles. The molecule has 2 aliphatic rings. The van der Waals surface area contributed by atoms with Crippen molar-refractivity contribution in [1.29, 1.82) is 0 Å². The number of hydrogen-bond acceptors (Lipinski definition) is 3. The van der Waals surface area contributed by atoms with E-state index in [1.54, 1.807) is 24.5 Å². The van der Waals surface area contributed by atoms with E-state index in [-0.39, 0.29) is 23.9 Å². The molecule has 1 saturated heterocycles. The Balaban J connectivity index is 1.47. The normalized spacial score (nSPS) is 24.8. The molecule has 2 heterocycles. The van der Waals surface area contributed by atoms with Gasteiger partial charge in [0.1, 0.15) is 0 Å². The molecule has 0 spiro atoms. The zero-order valence-corrected chi connectivity index (χ0v) is 13.3. The topological polar surface area (TPSA) is 62.3 Å². The number of carbonyl (C=O) groups is 2. The fourth-order valence-electron chi connectivity index (χ4n) is 3.91. The van der Waals surface area contributed by atoms with Crippen molar-refractivity contribution in [3.8, 4) is 0 Å². The van der Waals surface area contributed by atoms with Crippen molar-refractivity contribution in [2.45, 2.75) is 24.9 Å². The van der Waals surface area contributed by atoms with Gasteiger partial charge in [0.15, 0.2) is 0 Å². The number of benzene rings is 1. The molecule has 1 aromatic heterocycles. The Hall–Kier alpha value is -2.69. The molecule has 0 radical (unpaired) electrons. The fraction of sp³-hybridized carbons (Fsp3) is 0.316. The summed E-state index contributed by atoms with van der Waals surface area (Å²) in [6, 6.07) is 13.0. The number of nitrogens with zero attached hydrogens (tertiary/aromatic N) is 2. The lowest BCUT2D eigenvalue weighted by Crippen LogP contribution is -2.51. The number of pyridine rings is 1. The maximum atomic E-state index is 12.7. The standard InChI is InChI=1S/C19H19N3O2/c23-18(15-7-4-8-20-11-15)21-16-9-13-10-17(16)22(12-13)19(24)14-5-2-1-3-6-14/h1-8,11,13,16-17H,9-10,12H2,(H,21,23). The van der Waals surface area contributed by atoms with Gasteiger partial charge in [0.05, 0.1) is 11.6 Å². The van der Waals surface area contributed by atoms with Gasteiger partial charge in [-0.2, -0.15) is 0 Å². The summed E-state index contributed by atoms with van der Waals surface area (Å²) in [5.41, 5.74) is 1.27. The van der Waals surface area contributed by atoms with Crippen LogP contribution in [0, 0.1) is 5.92 Å². The number of aromatic nitrogens is 1. The van der Waals surface area contributed by atoms with Crippen molar-refractivity contribution < 1.29 is 9.59 Å². The highest BCUT2D eigenvalue weighted by molar-refractivity contribution is 5.95. The van der Waals surface area contributed by atoms with Gasteiger partial charge in [0.25, 0.3) is 11.8 Å². The number of likely N-dealkylation sites (tertiary alicyclic amines) is 1.